The third-order valence-corrected chi connectivity index (χ3v) is 4.03. The van der Waals surface area contributed by atoms with Gasteiger partial charge in [-0.15, -0.1) is 0 Å². The van der Waals surface area contributed by atoms with Crippen molar-refractivity contribution in [1.82, 2.24) is 0 Å². The van der Waals surface area contributed by atoms with Gasteiger partial charge in [0.15, 0.2) is 11.5 Å². The number of methoxy groups -OCH3 is 2. The maximum Gasteiger partial charge on any atom is 0.311 e. The first-order valence-corrected chi connectivity index (χ1v) is 6.26. The zero-order valence-electron chi connectivity index (χ0n) is 11.2. The Bertz CT molecular complexity index is 482. The van der Waals surface area contributed by atoms with E-state index in [1.807, 2.05) is 0 Å². The highest BCUT2D eigenvalue weighted by molar-refractivity contribution is 5.77. The number of carbonyl (C=O) groups is 1. The summed E-state index contributed by atoms with van der Waals surface area (Å²) in [5.74, 6) is 0.354. The third kappa shape index (κ3) is 2.14. The van der Waals surface area contributed by atoms with E-state index in [4.69, 9.17) is 15.2 Å². The highest BCUT2D eigenvalue weighted by Crippen LogP contribution is 2.50. The molecule has 2 rings (SSSR count). The van der Waals surface area contributed by atoms with E-state index in [-0.39, 0.29) is 0 Å². The lowest BCUT2D eigenvalue weighted by Gasteiger charge is -2.42. The fourth-order valence-corrected chi connectivity index (χ4v) is 2.58. The van der Waals surface area contributed by atoms with Gasteiger partial charge in [-0.1, -0.05) is 12.5 Å². The second-order valence-corrected chi connectivity index (χ2v) is 4.91. The molecule has 5 heteroatoms. The van der Waals surface area contributed by atoms with E-state index in [2.05, 4.69) is 0 Å². The molecule has 1 saturated carbocycles. The lowest BCUT2D eigenvalue weighted by molar-refractivity contribution is -0.156. The van der Waals surface area contributed by atoms with Crippen molar-refractivity contribution in [2.24, 2.45) is 11.1 Å². The van der Waals surface area contributed by atoms with Crippen LogP contribution >= 0.6 is 0 Å². The minimum absolute atomic E-state index is 0.529. The molecule has 1 aliphatic rings. The molecule has 0 spiro atoms. The van der Waals surface area contributed by atoms with Gasteiger partial charge in [-0.3, -0.25) is 4.79 Å². The number of carboxylic acids is 1. The Kier molecular flexibility index (Phi) is 3.66. The van der Waals surface area contributed by atoms with Crippen molar-refractivity contribution in [3.63, 3.8) is 0 Å². The summed E-state index contributed by atoms with van der Waals surface area (Å²) in [4.78, 5) is 11.5. The molecule has 1 fully saturated rings. The molecule has 0 bridgehead atoms. The van der Waals surface area contributed by atoms with Gasteiger partial charge in [-0.2, -0.15) is 0 Å². The predicted molar refractivity (Wildman–Crippen MR) is 70.4 cm³/mol. The summed E-state index contributed by atoms with van der Waals surface area (Å²) < 4.78 is 10.4. The molecule has 0 aliphatic heterocycles. The van der Waals surface area contributed by atoms with Crippen molar-refractivity contribution >= 4 is 5.97 Å². The molecule has 19 heavy (non-hydrogen) atoms. The molecule has 0 aromatic heterocycles. The van der Waals surface area contributed by atoms with Gasteiger partial charge in [0.05, 0.1) is 19.6 Å². The first-order chi connectivity index (χ1) is 9.05. The van der Waals surface area contributed by atoms with Crippen molar-refractivity contribution in [2.45, 2.75) is 25.3 Å². The lowest BCUT2D eigenvalue weighted by atomic mass is 9.62. The van der Waals surface area contributed by atoms with Crippen LogP contribution in [-0.4, -0.2) is 25.3 Å². The Balaban J connectivity index is 2.33. The minimum Gasteiger partial charge on any atom is -0.493 e. The van der Waals surface area contributed by atoms with Gasteiger partial charge < -0.3 is 20.3 Å². The maximum absolute atomic E-state index is 11.5. The van der Waals surface area contributed by atoms with Gasteiger partial charge in [-0.05, 0) is 30.5 Å². The van der Waals surface area contributed by atoms with E-state index >= 15 is 0 Å². The standard InChI is InChI=1S/C14H19NO4/c1-18-10-5-4-9(8-11(10)19-2)12(15)14(13(16)17)6-3-7-14/h4-5,8,12H,3,6-7,15H2,1-2H3,(H,16,17). The zero-order chi connectivity index (χ0) is 14.0. The number of carboxylic acid groups (broad SMARTS) is 1. The molecular weight excluding hydrogens is 246 g/mol. The maximum atomic E-state index is 11.5. The number of rotatable bonds is 5. The number of ether oxygens (including phenoxy) is 2. The quantitative estimate of drug-likeness (QED) is 0.850. The summed E-state index contributed by atoms with van der Waals surface area (Å²) >= 11 is 0. The van der Waals surface area contributed by atoms with E-state index in [1.54, 1.807) is 32.4 Å². The first-order valence-electron chi connectivity index (χ1n) is 6.26. The number of nitrogens with two attached hydrogens (primary N) is 1. The Labute approximate surface area is 112 Å². The molecule has 5 nitrogen and oxygen atoms in total. The van der Waals surface area contributed by atoms with Crippen molar-refractivity contribution in [2.75, 3.05) is 14.2 Å². The Morgan fingerprint density at radius 2 is 1.95 bits per heavy atom. The average molecular weight is 265 g/mol. The van der Waals surface area contributed by atoms with E-state index in [0.29, 0.717) is 24.3 Å². The summed E-state index contributed by atoms with van der Waals surface area (Å²) in [7, 11) is 3.10. The molecule has 0 saturated heterocycles. The molecular formula is C14H19NO4. The predicted octanol–water partition coefficient (Wildman–Crippen LogP) is 1.96. The zero-order valence-corrected chi connectivity index (χ0v) is 11.2. The summed E-state index contributed by atoms with van der Waals surface area (Å²) in [6.45, 7) is 0. The van der Waals surface area contributed by atoms with Crippen LogP contribution in [0.15, 0.2) is 18.2 Å². The molecule has 1 unspecified atom stereocenters. The van der Waals surface area contributed by atoms with Crippen LogP contribution in [0.3, 0.4) is 0 Å². The largest absolute Gasteiger partial charge is 0.493 e. The lowest BCUT2D eigenvalue weighted by Crippen LogP contribution is -2.46. The summed E-state index contributed by atoms with van der Waals surface area (Å²) in [6.07, 6.45) is 2.16. The highest BCUT2D eigenvalue weighted by Gasteiger charge is 2.49. The molecule has 0 amide bonds. The van der Waals surface area contributed by atoms with E-state index in [0.717, 1.165) is 12.0 Å². The minimum atomic E-state index is -0.834. The molecule has 1 aromatic rings. The summed E-state index contributed by atoms with van der Waals surface area (Å²) in [6, 6.07) is 4.78. The summed E-state index contributed by atoms with van der Waals surface area (Å²) in [5, 5.41) is 9.41. The van der Waals surface area contributed by atoms with Crippen LogP contribution in [-0.2, 0) is 4.79 Å². The highest BCUT2D eigenvalue weighted by atomic mass is 16.5. The SMILES string of the molecule is COc1ccc(C(N)C2(C(=O)O)CCC2)cc1OC. The average Bonchev–Trinajstić information content (AvgIpc) is 2.35. The number of aliphatic carboxylic acids is 1. The normalized spacial score (nSPS) is 18.3. The molecule has 3 N–H and O–H groups in total. The van der Waals surface area contributed by atoms with Crippen molar-refractivity contribution in [1.29, 1.82) is 0 Å². The van der Waals surface area contributed by atoms with Crippen LogP contribution in [0.2, 0.25) is 0 Å². The van der Waals surface area contributed by atoms with Crippen LogP contribution in [0.4, 0.5) is 0 Å². The van der Waals surface area contributed by atoms with Crippen molar-refractivity contribution in [3.05, 3.63) is 23.8 Å². The number of benzene rings is 1. The molecule has 0 radical (unpaired) electrons. The molecule has 104 valence electrons. The van der Waals surface area contributed by atoms with Crippen LogP contribution < -0.4 is 15.2 Å². The van der Waals surface area contributed by atoms with Crippen LogP contribution in [0.5, 0.6) is 11.5 Å². The third-order valence-electron chi connectivity index (χ3n) is 4.03. The Morgan fingerprint density at radius 1 is 1.32 bits per heavy atom. The molecule has 1 aromatic carbocycles. The second kappa shape index (κ2) is 5.09. The van der Waals surface area contributed by atoms with Gasteiger partial charge in [0, 0.05) is 6.04 Å². The summed E-state index contributed by atoms with van der Waals surface area (Å²) in [5.41, 5.74) is 6.10. The van der Waals surface area contributed by atoms with Gasteiger partial charge in [-0.25, -0.2) is 0 Å². The Hall–Kier alpha value is -1.75. The molecule has 0 heterocycles. The molecule has 1 aliphatic carbocycles. The van der Waals surface area contributed by atoms with Crippen LogP contribution in [0.1, 0.15) is 30.9 Å². The fourth-order valence-electron chi connectivity index (χ4n) is 2.58. The van der Waals surface area contributed by atoms with Crippen LogP contribution in [0, 0.1) is 5.41 Å². The van der Waals surface area contributed by atoms with Gasteiger partial charge >= 0.3 is 5.97 Å². The van der Waals surface area contributed by atoms with Gasteiger partial charge in [0.25, 0.3) is 0 Å². The van der Waals surface area contributed by atoms with Gasteiger partial charge in [0.2, 0.25) is 0 Å². The van der Waals surface area contributed by atoms with E-state index in [9.17, 15) is 9.90 Å². The van der Waals surface area contributed by atoms with Gasteiger partial charge in [0.1, 0.15) is 0 Å². The smallest absolute Gasteiger partial charge is 0.311 e. The number of hydrogen-bond donors (Lipinski definition) is 2. The Morgan fingerprint density at radius 3 is 2.37 bits per heavy atom. The monoisotopic (exact) mass is 265 g/mol. The van der Waals surface area contributed by atoms with Crippen molar-refractivity contribution in [3.8, 4) is 11.5 Å². The fraction of sp³-hybridized carbons (Fsp3) is 0.500. The van der Waals surface area contributed by atoms with Crippen LogP contribution in [0.25, 0.3) is 0 Å². The van der Waals surface area contributed by atoms with Crippen molar-refractivity contribution < 1.29 is 19.4 Å². The first kappa shape index (κ1) is 13.7. The topological polar surface area (TPSA) is 81.8 Å². The molecule has 1 atom stereocenters. The second-order valence-electron chi connectivity index (χ2n) is 4.91. The van der Waals surface area contributed by atoms with E-state index in [1.165, 1.54) is 0 Å². The van der Waals surface area contributed by atoms with E-state index < -0.39 is 17.4 Å². The number of hydrogen-bond acceptors (Lipinski definition) is 4.